The standard InChI is InChI=1S/C14H23N3O.HI/c1-4-9-16-14(15)17-10-12-5-7-13(8-6-12)18-11(2)3;/h5-8,11H,4,9-10H2,1-3H3,(H3,15,16,17);1H. The van der Waals surface area contributed by atoms with Gasteiger partial charge in [-0.3, -0.25) is 0 Å². The lowest BCUT2D eigenvalue weighted by Gasteiger charge is -2.09. The lowest BCUT2D eigenvalue weighted by atomic mass is 10.2. The van der Waals surface area contributed by atoms with Crippen LogP contribution < -0.4 is 15.8 Å². The number of nitrogens with two attached hydrogens (primary N) is 1. The van der Waals surface area contributed by atoms with Crippen LogP contribution in [0.5, 0.6) is 5.75 Å². The van der Waals surface area contributed by atoms with Crippen LogP contribution in [0.2, 0.25) is 0 Å². The average Bonchev–Trinajstić information content (AvgIpc) is 2.35. The molecule has 1 aromatic rings. The first-order valence-corrected chi connectivity index (χ1v) is 6.41. The Hall–Kier alpha value is -0.980. The first kappa shape index (κ1) is 18.0. The molecule has 0 saturated carbocycles. The molecule has 1 aromatic carbocycles. The van der Waals surface area contributed by atoms with Crippen molar-refractivity contribution in [3.05, 3.63) is 29.8 Å². The number of rotatable bonds is 6. The van der Waals surface area contributed by atoms with E-state index in [0.29, 0.717) is 12.5 Å². The maximum Gasteiger partial charge on any atom is 0.188 e. The van der Waals surface area contributed by atoms with Gasteiger partial charge in [-0.25, -0.2) is 4.99 Å². The van der Waals surface area contributed by atoms with Crippen LogP contribution in [0.3, 0.4) is 0 Å². The molecule has 1 rings (SSSR count). The molecule has 0 fully saturated rings. The quantitative estimate of drug-likeness (QED) is 0.455. The summed E-state index contributed by atoms with van der Waals surface area (Å²) in [6.45, 7) is 7.56. The summed E-state index contributed by atoms with van der Waals surface area (Å²) >= 11 is 0. The number of nitrogens with zero attached hydrogens (tertiary/aromatic N) is 1. The summed E-state index contributed by atoms with van der Waals surface area (Å²) in [7, 11) is 0. The highest BCUT2D eigenvalue weighted by Gasteiger charge is 1.98. The largest absolute Gasteiger partial charge is 0.491 e. The first-order chi connectivity index (χ1) is 8.61. The third kappa shape index (κ3) is 7.92. The molecule has 19 heavy (non-hydrogen) atoms. The fourth-order valence-corrected chi connectivity index (χ4v) is 1.43. The molecule has 0 atom stereocenters. The normalized spacial score (nSPS) is 11.1. The summed E-state index contributed by atoms with van der Waals surface area (Å²) in [5.41, 5.74) is 6.84. The number of guanidine groups is 1. The summed E-state index contributed by atoms with van der Waals surface area (Å²) in [6.07, 6.45) is 1.24. The highest BCUT2D eigenvalue weighted by Crippen LogP contribution is 2.14. The molecule has 0 unspecified atom stereocenters. The average molecular weight is 377 g/mol. The van der Waals surface area contributed by atoms with Crippen molar-refractivity contribution in [3.63, 3.8) is 0 Å². The maximum atomic E-state index is 5.72. The molecule has 0 aliphatic heterocycles. The Morgan fingerprint density at radius 1 is 1.32 bits per heavy atom. The number of nitrogens with one attached hydrogen (secondary N) is 1. The molecule has 0 aromatic heterocycles. The summed E-state index contributed by atoms with van der Waals surface area (Å²) in [4.78, 5) is 4.27. The smallest absolute Gasteiger partial charge is 0.188 e. The third-order valence-corrected chi connectivity index (χ3v) is 2.28. The molecule has 0 bridgehead atoms. The summed E-state index contributed by atoms with van der Waals surface area (Å²) in [5, 5.41) is 3.04. The molecule has 0 aliphatic rings. The predicted octanol–water partition coefficient (Wildman–Crippen LogP) is 2.91. The second-order valence-electron chi connectivity index (χ2n) is 4.44. The highest BCUT2D eigenvalue weighted by atomic mass is 127. The Morgan fingerprint density at radius 3 is 2.47 bits per heavy atom. The SMILES string of the molecule is CCCNC(N)=NCc1ccc(OC(C)C)cc1.I. The van der Waals surface area contributed by atoms with E-state index in [2.05, 4.69) is 17.2 Å². The maximum absolute atomic E-state index is 5.72. The minimum absolute atomic E-state index is 0. The third-order valence-electron chi connectivity index (χ3n) is 2.28. The second-order valence-corrected chi connectivity index (χ2v) is 4.44. The number of benzene rings is 1. The van der Waals surface area contributed by atoms with E-state index in [4.69, 9.17) is 10.5 Å². The molecule has 3 N–H and O–H groups in total. The van der Waals surface area contributed by atoms with Gasteiger partial charge in [0.05, 0.1) is 12.6 Å². The zero-order valence-corrected chi connectivity index (χ0v) is 14.2. The molecule has 0 heterocycles. The molecular weight excluding hydrogens is 353 g/mol. The van der Waals surface area contributed by atoms with E-state index >= 15 is 0 Å². The minimum atomic E-state index is 0. The van der Waals surface area contributed by atoms with Gasteiger partial charge in [-0.1, -0.05) is 19.1 Å². The first-order valence-electron chi connectivity index (χ1n) is 6.41. The van der Waals surface area contributed by atoms with Crippen molar-refractivity contribution in [2.45, 2.75) is 39.8 Å². The summed E-state index contributed by atoms with van der Waals surface area (Å²) in [5.74, 6) is 1.38. The minimum Gasteiger partial charge on any atom is -0.491 e. The summed E-state index contributed by atoms with van der Waals surface area (Å²) in [6, 6.07) is 7.93. The van der Waals surface area contributed by atoms with Gasteiger partial charge in [0.25, 0.3) is 0 Å². The van der Waals surface area contributed by atoms with Gasteiger partial charge in [0, 0.05) is 6.54 Å². The Bertz CT molecular complexity index is 377. The second kappa shape index (κ2) is 9.89. The van der Waals surface area contributed by atoms with Gasteiger partial charge in [-0.2, -0.15) is 0 Å². The number of aliphatic imine (C=N–C) groups is 1. The zero-order valence-electron chi connectivity index (χ0n) is 11.8. The molecule has 4 nitrogen and oxygen atoms in total. The van der Waals surface area contributed by atoms with Crippen LogP contribution in [0.15, 0.2) is 29.3 Å². The number of halogens is 1. The van der Waals surface area contributed by atoms with Crippen molar-refractivity contribution in [2.75, 3.05) is 6.54 Å². The van der Waals surface area contributed by atoms with Crippen LogP contribution in [0, 0.1) is 0 Å². The van der Waals surface area contributed by atoms with E-state index in [1.165, 1.54) is 0 Å². The van der Waals surface area contributed by atoms with Crippen LogP contribution in [0.4, 0.5) is 0 Å². The van der Waals surface area contributed by atoms with Crippen LogP contribution in [-0.2, 0) is 6.54 Å². The van der Waals surface area contributed by atoms with Crippen molar-refractivity contribution in [3.8, 4) is 5.75 Å². The number of ether oxygens (including phenoxy) is 1. The molecule has 108 valence electrons. The van der Waals surface area contributed by atoms with Crippen molar-refractivity contribution >= 4 is 29.9 Å². The van der Waals surface area contributed by atoms with Crippen LogP contribution in [0.25, 0.3) is 0 Å². The number of hydrogen-bond acceptors (Lipinski definition) is 2. The van der Waals surface area contributed by atoms with E-state index in [-0.39, 0.29) is 30.1 Å². The summed E-state index contributed by atoms with van der Waals surface area (Å²) < 4.78 is 5.58. The van der Waals surface area contributed by atoms with Gasteiger partial charge < -0.3 is 15.8 Å². The highest BCUT2D eigenvalue weighted by molar-refractivity contribution is 14.0. The van der Waals surface area contributed by atoms with Gasteiger partial charge in [0.1, 0.15) is 5.75 Å². The lowest BCUT2D eigenvalue weighted by molar-refractivity contribution is 0.242. The van der Waals surface area contributed by atoms with Gasteiger partial charge in [-0.15, -0.1) is 24.0 Å². The Labute approximate surface area is 132 Å². The van der Waals surface area contributed by atoms with Crippen LogP contribution >= 0.6 is 24.0 Å². The van der Waals surface area contributed by atoms with Crippen LogP contribution in [0.1, 0.15) is 32.8 Å². The van der Waals surface area contributed by atoms with E-state index < -0.39 is 0 Å². The van der Waals surface area contributed by atoms with E-state index in [0.717, 1.165) is 24.3 Å². The lowest BCUT2D eigenvalue weighted by Crippen LogP contribution is -2.32. The topological polar surface area (TPSA) is 59.6 Å². The van der Waals surface area contributed by atoms with Crippen LogP contribution in [-0.4, -0.2) is 18.6 Å². The molecule has 0 radical (unpaired) electrons. The molecule has 5 heteroatoms. The van der Waals surface area contributed by atoms with E-state index in [1.807, 2.05) is 38.1 Å². The fourth-order valence-electron chi connectivity index (χ4n) is 1.43. The van der Waals surface area contributed by atoms with Crippen molar-refractivity contribution < 1.29 is 4.74 Å². The molecule has 0 amide bonds. The van der Waals surface area contributed by atoms with E-state index in [1.54, 1.807) is 0 Å². The van der Waals surface area contributed by atoms with Crippen molar-refractivity contribution in [2.24, 2.45) is 10.7 Å². The van der Waals surface area contributed by atoms with Gasteiger partial charge in [0.15, 0.2) is 5.96 Å². The Kier molecular flexibility index (Phi) is 9.38. The Morgan fingerprint density at radius 2 is 1.95 bits per heavy atom. The molecule has 0 aliphatic carbocycles. The molecular formula is C14H24IN3O. The van der Waals surface area contributed by atoms with Crippen molar-refractivity contribution in [1.82, 2.24) is 5.32 Å². The van der Waals surface area contributed by atoms with Gasteiger partial charge in [0.2, 0.25) is 0 Å². The van der Waals surface area contributed by atoms with Crippen molar-refractivity contribution in [1.29, 1.82) is 0 Å². The monoisotopic (exact) mass is 377 g/mol. The predicted molar refractivity (Wildman–Crippen MR) is 91.2 cm³/mol. The molecule has 0 saturated heterocycles. The number of hydrogen-bond donors (Lipinski definition) is 2. The van der Waals surface area contributed by atoms with Gasteiger partial charge in [-0.05, 0) is 38.0 Å². The molecule has 0 spiro atoms. The van der Waals surface area contributed by atoms with Gasteiger partial charge >= 0.3 is 0 Å². The Balaban J connectivity index is 0.00000324. The fraction of sp³-hybridized carbons (Fsp3) is 0.500. The van der Waals surface area contributed by atoms with E-state index in [9.17, 15) is 0 Å². The zero-order chi connectivity index (χ0) is 13.4.